The SMILES string of the molecule is COc1ccc(C[N+](C)(C)c2ccccc2)cc1.[Sb+3]. The standard InChI is InChI=1S/C16H20NO.Sb/c1-17(2,15-7-5-4-6-8-15)13-14-9-11-16(18-3)12-10-14;/h4-12H,13H2,1-3H3;/q+1;+3. The largest absolute Gasteiger partial charge is 3.00 e. The van der Waals surface area contributed by atoms with Crippen LogP contribution in [0, 0.1) is 0 Å². The van der Waals surface area contributed by atoms with Gasteiger partial charge in [-0.2, -0.15) is 0 Å². The van der Waals surface area contributed by atoms with Gasteiger partial charge in [0.2, 0.25) is 0 Å². The number of methoxy groups -OCH3 is 1. The molecule has 0 N–H and O–H groups in total. The van der Waals surface area contributed by atoms with Crippen LogP contribution in [-0.4, -0.2) is 45.6 Å². The minimum Gasteiger partial charge on any atom is -0.497 e. The Morgan fingerprint density at radius 1 is 0.895 bits per heavy atom. The van der Waals surface area contributed by atoms with E-state index in [1.807, 2.05) is 12.1 Å². The van der Waals surface area contributed by atoms with E-state index in [4.69, 9.17) is 4.74 Å². The first-order chi connectivity index (χ1) is 8.62. The third-order valence-electron chi connectivity index (χ3n) is 3.19. The van der Waals surface area contributed by atoms with Crippen LogP contribution in [-0.2, 0) is 6.54 Å². The topological polar surface area (TPSA) is 9.23 Å². The second-order valence-electron chi connectivity index (χ2n) is 5.03. The van der Waals surface area contributed by atoms with E-state index in [9.17, 15) is 0 Å². The van der Waals surface area contributed by atoms with Crippen molar-refractivity contribution >= 4 is 30.1 Å². The van der Waals surface area contributed by atoms with Gasteiger partial charge < -0.3 is 4.74 Å². The summed E-state index contributed by atoms with van der Waals surface area (Å²) in [6.45, 7) is 0.966. The van der Waals surface area contributed by atoms with E-state index in [1.54, 1.807) is 7.11 Å². The fourth-order valence-corrected chi connectivity index (χ4v) is 2.11. The van der Waals surface area contributed by atoms with Crippen molar-refractivity contribution in [1.82, 2.24) is 4.48 Å². The number of quaternary nitrogens is 1. The van der Waals surface area contributed by atoms with Crippen molar-refractivity contribution in [3.63, 3.8) is 0 Å². The van der Waals surface area contributed by atoms with Crippen LogP contribution in [0.4, 0.5) is 5.69 Å². The van der Waals surface area contributed by atoms with Crippen LogP contribution in [0.2, 0.25) is 0 Å². The predicted molar refractivity (Wildman–Crippen MR) is 82.5 cm³/mol. The molecule has 2 nitrogen and oxygen atoms in total. The van der Waals surface area contributed by atoms with Gasteiger partial charge in [0.25, 0.3) is 0 Å². The molecule has 0 atom stereocenters. The van der Waals surface area contributed by atoms with E-state index >= 15 is 0 Å². The number of para-hydroxylation sites is 1. The van der Waals surface area contributed by atoms with Crippen LogP contribution in [0.5, 0.6) is 5.75 Å². The summed E-state index contributed by atoms with van der Waals surface area (Å²) in [5.74, 6) is 0.906. The predicted octanol–water partition coefficient (Wildman–Crippen LogP) is 3.08. The molecule has 2 aromatic rings. The molecule has 0 heterocycles. The van der Waals surface area contributed by atoms with Crippen molar-refractivity contribution < 1.29 is 4.74 Å². The van der Waals surface area contributed by atoms with Crippen molar-refractivity contribution in [1.29, 1.82) is 0 Å². The fraction of sp³-hybridized carbons (Fsp3) is 0.250. The van der Waals surface area contributed by atoms with Crippen LogP contribution < -0.4 is 9.22 Å². The van der Waals surface area contributed by atoms with Crippen molar-refractivity contribution in [2.24, 2.45) is 0 Å². The third-order valence-corrected chi connectivity index (χ3v) is 3.19. The van der Waals surface area contributed by atoms with Crippen LogP contribution in [0.1, 0.15) is 5.56 Å². The van der Waals surface area contributed by atoms with Gasteiger partial charge in [-0.25, -0.2) is 0 Å². The first-order valence-electron chi connectivity index (χ1n) is 6.13. The minimum atomic E-state index is 0. The fourth-order valence-electron chi connectivity index (χ4n) is 2.11. The Labute approximate surface area is 133 Å². The molecule has 0 aromatic heterocycles. The van der Waals surface area contributed by atoms with Gasteiger partial charge in [0.1, 0.15) is 18.0 Å². The summed E-state index contributed by atoms with van der Waals surface area (Å²) < 4.78 is 6.02. The van der Waals surface area contributed by atoms with Crippen molar-refractivity contribution in [2.45, 2.75) is 6.54 Å². The molecular weight excluding hydrogens is 344 g/mol. The molecule has 0 fully saturated rings. The molecule has 0 unspecified atom stereocenters. The maximum atomic E-state index is 5.18. The smallest absolute Gasteiger partial charge is 0.497 e. The molecule has 0 saturated carbocycles. The molecule has 96 valence electrons. The number of hydrogen-bond donors (Lipinski definition) is 0. The van der Waals surface area contributed by atoms with Crippen LogP contribution >= 0.6 is 0 Å². The van der Waals surface area contributed by atoms with Crippen molar-refractivity contribution in [3.8, 4) is 5.75 Å². The van der Waals surface area contributed by atoms with Crippen molar-refractivity contribution in [2.75, 3.05) is 21.2 Å². The van der Waals surface area contributed by atoms with Crippen LogP contribution in [0.15, 0.2) is 54.6 Å². The molecule has 3 heteroatoms. The zero-order valence-corrected chi connectivity index (χ0v) is 14.3. The summed E-state index contributed by atoms with van der Waals surface area (Å²) in [7, 11) is 6.14. The Bertz CT molecular complexity index is 494. The number of ether oxygens (including phenoxy) is 1. The molecular formula is C16H20NOSb+4. The summed E-state index contributed by atoms with van der Waals surface area (Å²) in [4.78, 5) is 0. The van der Waals surface area contributed by atoms with E-state index in [2.05, 4.69) is 56.6 Å². The molecule has 0 amide bonds. The quantitative estimate of drug-likeness (QED) is 0.599. The number of benzene rings is 2. The van der Waals surface area contributed by atoms with Crippen LogP contribution in [0.25, 0.3) is 0 Å². The summed E-state index contributed by atoms with van der Waals surface area (Å²) in [5, 5.41) is 0. The molecule has 2 rings (SSSR count). The Hall–Kier alpha value is -0.982. The number of rotatable bonds is 4. The van der Waals surface area contributed by atoms with Gasteiger partial charge in [0.15, 0.2) is 0 Å². The Morgan fingerprint density at radius 2 is 1.47 bits per heavy atom. The molecule has 2 radical (unpaired) electrons. The monoisotopic (exact) mass is 363 g/mol. The maximum Gasteiger partial charge on any atom is 3.00 e. The van der Waals surface area contributed by atoms with Crippen LogP contribution in [0.3, 0.4) is 0 Å². The zero-order chi connectivity index (χ0) is 13.0. The van der Waals surface area contributed by atoms with Gasteiger partial charge in [-0.1, -0.05) is 18.2 Å². The second-order valence-corrected chi connectivity index (χ2v) is 5.03. The van der Waals surface area contributed by atoms with E-state index in [-0.39, 0.29) is 24.4 Å². The minimum absolute atomic E-state index is 0. The summed E-state index contributed by atoms with van der Waals surface area (Å²) in [6, 6.07) is 18.8. The van der Waals surface area contributed by atoms with Gasteiger partial charge >= 0.3 is 24.4 Å². The van der Waals surface area contributed by atoms with Gasteiger partial charge in [-0.05, 0) is 36.4 Å². The van der Waals surface area contributed by atoms with E-state index in [1.165, 1.54) is 11.3 Å². The maximum absolute atomic E-state index is 5.18. The Balaban J connectivity index is 0.00000180. The average Bonchev–Trinajstić information content (AvgIpc) is 2.40. The first-order valence-corrected chi connectivity index (χ1v) is 6.13. The molecule has 0 bridgehead atoms. The first kappa shape index (κ1) is 16.1. The average molecular weight is 364 g/mol. The zero-order valence-electron chi connectivity index (χ0n) is 11.7. The Morgan fingerprint density at radius 3 is 2.00 bits per heavy atom. The molecule has 2 aromatic carbocycles. The van der Waals surface area contributed by atoms with Gasteiger partial charge in [0.05, 0.1) is 21.2 Å². The summed E-state index contributed by atoms with van der Waals surface area (Å²) in [6.07, 6.45) is 0. The third kappa shape index (κ3) is 4.26. The summed E-state index contributed by atoms with van der Waals surface area (Å²) >= 11 is 0. The number of hydrogen-bond acceptors (Lipinski definition) is 1. The Kier molecular flexibility index (Phi) is 5.90. The summed E-state index contributed by atoms with van der Waals surface area (Å²) in [5.41, 5.74) is 2.62. The van der Waals surface area contributed by atoms with Crippen molar-refractivity contribution in [3.05, 3.63) is 60.2 Å². The van der Waals surface area contributed by atoms with E-state index < -0.39 is 0 Å². The normalized spacial score (nSPS) is 10.7. The van der Waals surface area contributed by atoms with Gasteiger partial charge in [-0.15, -0.1) is 0 Å². The van der Waals surface area contributed by atoms with E-state index in [0.29, 0.717) is 0 Å². The van der Waals surface area contributed by atoms with Gasteiger partial charge in [0, 0.05) is 5.56 Å². The molecule has 0 aliphatic rings. The molecule has 0 spiro atoms. The number of nitrogens with zero attached hydrogens (tertiary/aromatic N) is 1. The molecule has 19 heavy (non-hydrogen) atoms. The second kappa shape index (κ2) is 6.98. The molecule has 0 saturated heterocycles. The molecule has 0 aliphatic carbocycles. The van der Waals surface area contributed by atoms with E-state index in [0.717, 1.165) is 16.8 Å². The van der Waals surface area contributed by atoms with Gasteiger partial charge in [-0.3, -0.25) is 4.48 Å². The molecule has 0 aliphatic heterocycles.